The zero-order valence-corrected chi connectivity index (χ0v) is 15.8. The number of hydrogen-bond acceptors (Lipinski definition) is 3. The first-order valence-electron chi connectivity index (χ1n) is 10.0. The number of nitrogens with one attached hydrogen (secondary N) is 2. The number of guanidine groups is 1. The lowest BCUT2D eigenvalue weighted by molar-refractivity contribution is 0.143. The fourth-order valence-electron chi connectivity index (χ4n) is 3.20. The standard InChI is InChI=1S/C20H35N3O2/c1-2-24-15-7-6-13-21-20(22-14-12-19-11-8-16-25-19)23-17-18-9-4-3-5-10-18/h8,11,16,18H,2-7,9-10,12-15,17H2,1H3,(H2,21,22,23). The van der Waals surface area contributed by atoms with E-state index in [4.69, 9.17) is 14.1 Å². The minimum Gasteiger partial charge on any atom is -0.469 e. The van der Waals surface area contributed by atoms with Crippen molar-refractivity contribution in [1.82, 2.24) is 10.6 Å². The Morgan fingerprint density at radius 1 is 1.20 bits per heavy atom. The van der Waals surface area contributed by atoms with E-state index in [-0.39, 0.29) is 0 Å². The Labute approximate surface area is 152 Å². The molecule has 5 nitrogen and oxygen atoms in total. The van der Waals surface area contributed by atoms with Crippen molar-refractivity contribution < 1.29 is 9.15 Å². The van der Waals surface area contributed by atoms with Crippen LogP contribution in [0.3, 0.4) is 0 Å². The predicted octanol–water partition coefficient (Wildman–Crippen LogP) is 3.75. The molecule has 0 radical (unpaired) electrons. The van der Waals surface area contributed by atoms with Crippen LogP contribution in [0.25, 0.3) is 0 Å². The van der Waals surface area contributed by atoms with E-state index in [1.165, 1.54) is 32.1 Å². The molecule has 0 aromatic carbocycles. The van der Waals surface area contributed by atoms with Crippen molar-refractivity contribution in [3.05, 3.63) is 24.2 Å². The summed E-state index contributed by atoms with van der Waals surface area (Å²) in [6.45, 7) is 6.40. The van der Waals surface area contributed by atoms with E-state index in [0.29, 0.717) is 0 Å². The summed E-state index contributed by atoms with van der Waals surface area (Å²) in [7, 11) is 0. The van der Waals surface area contributed by atoms with Gasteiger partial charge in [0.05, 0.1) is 6.26 Å². The molecule has 1 aromatic heterocycles. The number of nitrogens with zero attached hydrogens (tertiary/aromatic N) is 1. The second-order valence-corrected chi connectivity index (χ2v) is 6.78. The first-order chi connectivity index (χ1) is 12.4. The van der Waals surface area contributed by atoms with Gasteiger partial charge in [-0.2, -0.15) is 0 Å². The lowest BCUT2D eigenvalue weighted by Gasteiger charge is -2.20. The molecule has 2 rings (SSSR count). The summed E-state index contributed by atoms with van der Waals surface area (Å²) in [5.74, 6) is 2.71. The van der Waals surface area contributed by atoms with Gasteiger partial charge in [0.1, 0.15) is 5.76 Å². The highest BCUT2D eigenvalue weighted by molar-refractivity contribution is 5.79. The first-order valence-corrected chi connectivity index (χ1v) is 10.0. The molecule has 1 aliphatic carbocycles. The summed E-state index contributed by atoms with van der Waals surface area (Å²) in [4.78, 5) is 4.83. The molecule has 0 atom stereocenters. The Bertz CT molecular complexity index is 454. The zero-order chi connectivity index (χ0) is 17.6. The molecule has 2 N–H and O–H groups in total. The third kappa shape index (κ3) is 8.96. The molecule has 1 heterocycles. The maximum atomic E-state index is 5.39. The highest BCUT2D eigenvalue weighted by Gasteiger charge is 2.13. The average Bonchev–Trinajstić information content (AvgIpc) is 3.16. The van der Waals surface area contributed by atoms with Crippen LogP contribution in [0, 0.1) is 5.92 Å². The highest BCUT2D eigenvalue weighted by Crippen LogP contribution is 2.23. The first kappa shape index (κ1) is 19.8. The minimum absolute atomic E-state index is 0.760. The van der Waals surface area contributed by atoms with Gasteiger partial charge in [-0.3, -0.25) is 4.99 Å². The maximum absolute atomic E-state index is 5.39. The Balaban J connectivity index is 1.70. The van der Waals surface area contributed by atoms with Crippen LogP contribution in [0.2, 0.25) is 0 Å². The van der Waals surface area contributed by atoms with Crippen molar-refractivity contribution in [2.75, 3.05) is 32.8 Å². The molecule has 0 saturated heterocycles. The summed E-state index contributed by atoms with van der Waals surface area (Å²) in [5, 5.41) is 6.92. The second-order valence-electron chi connectivity index (χ2n) is 6.78. The van der Waals surface area contributed by atoms with Crippen LogP contribution < -0.4 is 10.6 Å². The predicted molar refractivity (Wildman–Crippen MR) is 103 cm³/mol. The van der Waals surface area contributed by atoms with Crippen LogP contribution in [-0.2, 0) is 11.2 Å². The molecular formula is C20H35N3O2. The van der Waals surface area contributed by atoms with E-state index in [2.05, 4.69) is 10.6 Å². The van der Waals surface area contributed by atoms with E-state index >= 15 is 0 Å². The minimum atomic E-state index is 0.760. The van der Waals surface area contributed by atoms with Gasteiger partial charge in [-0.15, -0.1) is 0 Å². The number of furan rings is 1. The summed E-state index contributed by atoms with van der Waals surface area (Å²) < 4.78 is 10.8. The molecule has 0 amide bonds. The zero-order valence-electron chi connectivity index (χ0n) is 15.8. The third-order valence-corrected chi connectivity index (χ3v) is 4.69. The Hall–Kier alpha value is -1.49. The van der Waals surface area contributed by atoms with Gasteiger partial charge in [0, 0.05) is 39.3 Å². The Morgan fingerprint density at radius 3 is 2.80 bits per heavy atom. The molecule has 0 unspecified atom stereocenters. The van der Waals surface area contributed by atoms with Crippen molar-refractivity contribution in [2.24, 2.45) is 10.9 Å². The molecule has 1 aliphatic rings. The van der Waals surface area contributed by atoms with E-state index < -0.39 is 0 Å². The van der Waals surface area contributed by atoms with E-state index in [9.17, 15) is 0 Å². The second kappa shape index (κ2) is 12.8. The summed E-state index contributed by atoms with van der Waals surface area (Å²) in [6.07, 6.45) is 11.6. The fraction of sp³-hybridized carbons (Fsp3) is 0.750. The van der Waals surface area contributed by atoms with Crippen molar-refractivity contribution in [2.45, 2.75) is 58.3 Å². The summed E-state index contributed by atoms with van der Waals surface area (Å²) >= 11 is 0. The van der Waals surface area contributed by atoms with Gasteiger partial charge in [0.15, 0.2) is 5.96 Å². The monoisotopic (exact) mass is 349 g/mol. The van der Waals surface area contributed by atoms with Crippen LogP contribution >= 0.6 is 0 Å². The Kier molecular flexibility index (Phi) is 10.2. The number of ether oxygens (including phenoxy) is 1. The highest BCUT2D eigenvalue weighted by atomic mass is 16.5. The van der Waals surface area contributed by atoms with Gasteiger partial charge in [0.2, 0.25) is 0 Å². The normalized spacial score (nSPS) is 16.1. The van der Waals surface area contributed by atoms with Crippen molar-refractivity contribution >= 4 is 5.96 Å². The largest absolute Gasteiger partial charge is 0.469 e. The van der Waals surface area contributed by atoms with Crippen LogP contribution in [0.15, 0.2) is 27.8 Å². The Morgan fingerprint density at radius 2 is 2.04 bits per heavy atom. The van der Waals surface area contributed by atoms with Crippen LogP contribution in [0.1, 0.15) is 57.6 Å². The summed E-state index contributed by atoms with van der Waals surface area (Å²) in [5.41, 5.74) is 0. The third-order valence-electron chi connectivity index (χ3n) is 4.69. The topological polar surface area (TPSA) is 58.8 Å². The smallest absolute Gasteiger partial charge is 0.191 e. The molecule has 142 valence electrons. The SMILES string of the molecule is CCOCCCCNC(=NCC1CCCCC1)NCCc1ccco1. The number of unbranched alkanes of at least 4 members (excludes halogenated alkanes) is 1. The molecule has 1 saturated carbocycles. The van der Waals surface area contributed by atoms with E-state index in [1.807, 2.05) is 19.1 Å². The van der Waals surface area contributed by atoms with Gasteiger partial charge < -0.3 is 19.8 Å². The number of aliphatic imine (C=N–C) groups is 1. The van der Waals surface area contributed by atoms with Crippen molar-refractivity contribution in [3.8, 4) is 0 Å². The lowest BCUT2D eigenvalue weighted by atomic mass is 9.89. The van der Waals surface area contributed by atoms with Crippen LogP contribution in [0.4, 0.5) is 0 Å². The van der Waals surface area contributed by atoms with Gasteiger partial charge in [-0.1, -0.05) is 19.3 Å². The molecule has 1 aromatic rings. The fourth-order valence-corrected chi connectivity index (χ4v) is 3.20. The molecule has 5 heteroatoms. The molecule has 0 bridgehead atoms. The van der Waals surface area contributed by atoms with Crippen LogP contribution in [0.5, 0.6) is 0 Å². The van der Waals surface area contributed by atoms with Gasteiger partial charge >= 0.3 is 0 Å². The van der Waals surface area contributed by atoms with Gasteiger partial charge in [-0.25, -0.2) is 0 Å². The van der Waals surface area contributed by atoms with Crippen LogP contribution in [-0.4, -0.2) is 38.8 Å². The maximum Gasteiger partial charge on any atom is 0.191 e. The van der Waals surface area contributed by atoms with Gasteiger partial charge in [-0.05, 0) is 50.7 Å². The number of hydrogen-bond donors (Lipinski definition) is 2. The molecule has 0 spiro atoms. The number of rotatable bonds is 11. The van der Waals surface area contributed by atoms with E-state index in [0.717, 1.165) is 69.7 Å². The van der Waals surface area contributed by atoms with Crippen molar-refractivity contribution in [3.63, 3.8) is 0 Å². The van der Waals surface area contributed by atoms with E-state index in [1.54, 1.807) is 6.26 Å². The van der Waals surface area contributed by atoms with Crippen molar-refractivity contribution in [1.29, 1.82) is 0 Å². The lowest BCUT2D eigenvalue weighted by Crippen LogP contribution is -2.39. The molecule has 25 heavy (non-hydrogen) atoms. The average molecular weight is 350 g/mol. The van der Waals surface area contributed by atoms with Gasteiger partial charge in [0.25, 0.3) is 0 Å². The molecule has 1 fully saturated rings. The molecule has 0 aliphatic heterocycles. The quantitative estimate of drug-likeness (QED) is 0.363. The summed E-state index contributed by atoms with van der Waals surface area (Å²) in [6, 6.07) is 3.95. The molecular weight excluding hydrogens is 314 g/mol.